The van der Waals surface area contributed by atoms with Crippen molar-refractivity contribution >= 4 is 62.9 Å². The third-order valence-electron chi connectivity index (χ3n) is 6.37. The summed E-state index contributed by atoms with van der Waals surface area (Å²) in [6.07, 6.45) is 7.75. The summed E-state index contributed by atoms with van der Waals surface area (Å²) in [7, 11) is -2.77. The zero-order valence-electron chi connectivity index (χ0n) is 22.1. The molecule has 14 heteroatoms. The number of hydrogen-bond donors (Lipinski definition) is 3. The first kappa shape index (κ1) is 33.2. The van der Waals surface area contributed by atoms with Gasteiger partial charge >= 0.3 is 5.97 Å². The van der Waals surface area contributed by atoms with Crippen LogP contribution in [0.15, 0.2) is 25.3 Å². The standard InChI is InChI=1S/C10H15NO3S.C7H10O2.C3H7NO2S.CH3I.BH.U/c1-3-7-6-10(7,2)9(12)11-15(13,14)8-4-5-8;1-3-5-4-7(5,2)6(8)9;4-7(5,6)3-1-2-3;1-2;;/h3,7-8H,1,4-6H2,2H3,(H,11,12);3,5H,1,4H2,2H3,(H,8,9);3H,1-2H2,(H2,4,5,6);1H3;1H;/i;;;2*1D;. The van der Waals surface area contributed by atoms with E-state index in [2.05, 4.69) is 26.3 Å². The summed E-state index contributed by atoms with van der Waals surface area (Å²) in [4.78, 5) is 22.6. The molecule has 198 valence electrons. The summed E-state index contributed by atoms with van der Waals surface area (Å²) < 4.78 is 57.0. The molecule has 2 radical (unpaired) electrons. The Morgan fingerprint density at radius 2 is 1.43 bits per heavy atom. The zero-order valence-corrected chi connectivity index (χ0v) is 28.0. The largest absolute Gasteiger partial charge is 0.481 e. The molecule has 4 N–H and O–H groups in total. The Labute approximate surface area is 251 Å². The Bertz CT molecular complexity index is 1010. The van der Waals surface area contributed by atoms with Gasteiger partial charge in [-0.15, -0.1) is 13.2 Å². The number of carboxylic acid groups (broad SMARTS) is 1. The van der Waals surface area contributed by atoms with Crippen molar-refractivity contribution in [3.8, 4) is 0 Å². The van der Waals surface area contributed by atoms with Crippen LogP contribution in [0, 0.1) is 53.8 Å². The van der Waals surface area contributed by atoms with Crippen molar-refractivity contribution in [2.45, 2.75) is 62.9 Å². The van der Waals surface area contributed by atoms with Gasteiger partial charge in [-0.1, -0.05) is 41.7 Å². The maximum absolute atomic E-state index is 11.7. The predicted molar refractivity (Wildman–Crippen MR) is 144 cm³/mol. The van der Waals surface area contributed by atoms with Gasteiger partial charge in [0, 0.05) is 40.9 Å². The first-order valence-electron chi connectivity index (χ1n) is 11.7. The molecule has 4 fully saturated rings. The van der Waals surface area contributed by atoms with E-state index in [9.17, 15) is 26.4 Å². The molecule has 4 saturated carbocycles. The van der Waals surface area contributed by atoms with E-state index < -0.39 is 36.8 Å². The van der Waals surface area contributed by atoms with Crippen LogP contribution in [0.4, 0.5) is 0 Å². The molecule has 4 atom stereocenters. The van der Waals surface area contributed by atoms with Gasteiger partial charge in [0.25, 0.3) is 0 Å². The number of aliphatic carboxylic acids is 1. The number of rotatable bonds is 7. The molecule has 4 aliphatic rings. The number of amides is 1. The number of carbonyl (C=O) groups is 2. The predicted octanol–water partition coefficient (Wildman–Crippen LogP) is 1.93. The number of halogens is 1. The second-order valence-electron chi connectivity index (χ2n) is 9.20. The van der Waals surface area contributed by atoms with Gasteiger partial charge < -0.3 is 5.11 Å². The Balaban J connectivity index is 0. The fourth-order valence-corrected chi connectivity index (χ4v) is 5.30. The number of primary sulfonamides is 1. The van der Waals surface area contributed by atoms with Crippen LogP contribution in [0.3, 0.4) is 0 Å². The maximum atomic E-state index is 11.7. The number of sulfonamides is 2. The minimum atomic E-state index is -3.39. The smallest absolute Gasteiger partial charge is 0.309 e. The topological polar surface area (TPSA) is 161 Å². The Kier molecular flexibility index (Phi) is 13.6. The van der Waals surface area contributed by atoms with Gasteiger partial charge in [0.15, 0.2) is 0 Å². The van der Waals surface area contributed by atoms with Crippen LogP contribution in [-0.4, -0.2) is 58.9 Å². The van der Waals surface area contributed by atoms with Crippen LogP contribution in [0.5, 0.6) is 0 Å². The van der Waals surface area contributed by atoms with Gasteiger partial charge in [0.2, 0.25) is 26.0 Å². The fourth-order valence-electron chi connectivity index (χ4n) is 3.09. The molecule has 0 aromatic carbocycles. The van der Waals surface area contributed by atoms with Crippen molar-refractivity contribution in [2.24, 2.45) is 27.8 Å². The van der Waals surface area contributed by atoms with Crippen molar-refractivity contribution in [3.63, 3.8) is 0 Å². The van der Waals surface area contributed by atoms with Crippen LogP contribution < -0.4 is 9.86 Å². The van der Waals surface area contributed by atoms with E-state index in [-0.39, 0.29) is 59.4 Å². The minimum Gasteiger partial charge on any atom is -0.481 e. The van der Waals surface area contributed by atoms with Gasteiger partial charge in [-0.2, -0.15) is 0 Å². The van der Waals surface area contributed by atoms with Gasteiger partial charge in [-0.05, 0) is 63.5 Å². The first-order chi connectivity index (χ1) is 16.5. The van der Waals surface area contributed by atoms with Crippen LogP contribution >= 0.6 is 22.6 Å². The van der Waals surface area contributed by atoms with E-state index in [0.29, 0.717) is 24.2 Å². The number of nitrogens with two attached hydrogens (primary N) is 1. The summed E-state index contributed by atoms with van der Waals surface area (Å²) >= 11 is 1.96. The molecule has 0 spiro atoms. The summed E-state index contributed by atoms with van der Waals surface area (Å²) in [5.41, 5.74) is -1.04. The van der Waals surface area contributed by atoms with Crippen molar-refractivity contribution in [3.05, 3.63) is 25.3 Å². The Morgan fingerprint density at radius 3 is 1.63 bits per heavy atom. The first-order valence-corrected chi connectivity index (χ1v) is 15.1. The third kappa shape index (κ3) is 10.8. The number of allylic oxidation sites excluding steroid dienone is 2. The summed E-state index contributed by atoms with van der Waals surface area (Å²) in [5.74, 6) is -0.756. The second-order valence-corrected chi connectivity index (χ2v) is 13.0. The van der Waals surface area contributed by atoms with Gasteiger partial charge in [-0.3, -0.25) is 14.3 Å². The average Bonchev–Trinajstić information content (AvgIpc) is 3.61. The molecule has 4 unspecified atom stereocenters. The van der Waals surface area contributed by atoms with Gasteiger partial charge in [0.05, 0.1) is 21.3 Å². The van der Waals surface area contributed by atoms with E-state index in [4.69, 9.17) is 13.0 Å². The molecule has 1 amide bonds. The number of hydrogen-bond acceptors (Lipinski definition) is 6. The number of carboxylic acids is 1. The van der Waals surface area contributed by atoms with Crippen LogP contribution in [-0.2, 0) is 29.6 Å². The van der Waals surface area contributed by atoms with Crippen molar-refractivity contribution in [1.82, 2.24) is 4.72 Å². The van der Waals surface area contributed by atoms with Crippen LogP contribution in [0.25, 0.3) is 0 Å². The quantitative estimate of drug-likeness (QED) is 0.153. The average molecular weight is 870 g/mol. The summed E-state index contributed by atoms with van der Waals surface area (Å²) in [5, 5.41) is 12.7. The third-order valence-corrected chi connectivity index (χ3v) is 9.59. The number of carbonyl (C=O) groups excluding carboxylic acids is 1. The Hall–Kier alpha value is 0.127. The molecule has 0 saturated heterocycles. The van der Waals surface area contributed by atoms with Gasteiger partial charge in [0.1, 0.15) is 0 Å². The number of nitrogens with one attached hydrogen (secondary N) is 1. The fraction of sp³-hybridized carbons (Fsp3) is 0.714. The van der Waals surface area contributed by atoms with E-state index in [1.807, 2.05) is 22.6 Å². The molecule has 4 aliphatic carbocycles. The summed E-state index contributed by atoms with van der Waals surface area (Å²) in [6, 6.07) is 0. The molecule has 35 heavy (non-hydrogen) atoms. The molecular formula is C21H36BIN2O7S2U. The van der Waals surface area contributed by atoms with E-state index >= 15 is 0 Å². The molecule has 4 rings (SSSR count). The molecular weight excluding hydrogens is 832 g/mol. The van der Waals surface area contributed by atoms with Gasteiger partial charge in [-0.25, -0.2) is 22.0 Å². The molecule has 0 bridgehead atoms. The van der Waals surface area contributed by atoms with Crippen molar-refractivity contribution < 1.29 is 64.0 Å². The molecule has 0 aliphatic heterocycles. The van der Waals surface area contributed by atoms with E-state index in [1.165, 1.54) is 0 Å². The van der Waals surface area contributed by atoms with Crippen molar-refractivity contribution in [2.75, 3.05) is 4.91 Å². The minimum absolute atomic E-state index is 0. The summed E-state index contributed by atoms with van der Waals surface area (Å²) in [6.45, 7) is 10.7. The second kappa shape index (κ2) is 14.3. The zero-order chi connectivity index (χ0) is 28.5. The Morgan fingerprint density at radius 1 is 1.06 bits per heavy atom. The van der Waals surface area contributed by atoms with Crippen LogP contribution in [0.1, 0.15) is 53.7 Å². The molecule has 0 aromatic rings. The van der Waals surface area contributed by atoms with Crippen LogP contribution in [0.2, 0.25) is 0 Å². The number of alkyl halides is 1. The van der Waals surface area contributed by atoms with E-state index in [0.717, 1.165) is 19.3 Å². The molecule has 0 aromatic heterocycles. The van der Waals surface area contributed by atoms with E-state index in [1.54, 1.807) is 26.0 Å². The monoisotopic (exact) mass is 870 g/mol. The maximum Gasteiger partial charge on any atom is 0.309 e. The SMILES string of the molecule is C=CC1CC1(C)C(=O)NS(=O)(=O)C1CC1.C=CC1CC1(C)C(=O)O.NS(=O)(=O)C1CC1.[2H]CI.[2H][B].[U]. The molecule has 0 heterocycles. The van der Waals surface area contributed by atoms with Crippen molar-refractivity contribution in [1.29, 1.82) is 1.34 Å². The normalized spacial score (nSPS) is 30.3. The molecule has 9 nitrogen and oxygen atoms in total.